The summed E-state index contributed by atoms with van der Waals surface area (Å²) in [6.07, 6.45) is 5.96. The molecule has 0 spiro atoms. The van der Waals surface area contributed by atoms with Gasteiger partial charge in [0.15, 0.2) is 0 Å². The van der Waals surface area contributed by atoms with Crippen LogP contribution in [0.25, 0.3) is 0 Å². The molecule has 2 nitrogen and oxygen atoms in total. The Morgan fingerprint density at radius 3 is 2.52 bits per heavy atom. The Bertz CT molecular complexity index is 498. The minimum Gasteiger partial charge on any atom is -0.309 e. The van der Waals surface area contributed by atoms with Crippen LogP contribution in [0, 0.1) is 23.7 Å². The van der Waals surface area contributed by atoms with E-state index in [4.69, 9.17) is 0 Å². The Labute approximate surface area is 127 Å². The highest BCUT2D eigenvalue weighted by atomic mass is 15.2. The zero-order valence-electron chi connectivity index (χ0n) is 12.7. The van der Waals surface area contributed by atoms with Gasteiger partial charge < -0.3 is 5.32 Å². The van der Waals surface area contributed by atoms with E-state index in [2.05, 4.69) is 40.5 Å². The van der Waals surface area contributed by atoms with Gasteiger partial charge in [0.1, 0.15) is 0 Å². The van der Waals surface area contributed by atoms with Crippen LogP contribution >= 0.6 is 0 Å². The maximum atomic E-state index is 3.77. The second kappa shape index (κ2) is 4.82. The Morgan fingerprint density at radius 2 is 1.76 bits per heavy atom. The Hall–Kier alpha value is -0.860. The lowest BCUT2D eigenvalue weighted by atomic mass is 10.0. The van der Waals surface area contributed by atoms with Crippen molar-refractivity contribution in [1.82, 2.24) is 10.2 Å². The van der Waals surface area contributed by atoms with Gasteiger partial charge in [0.05, 0.1) is 0 Å². The van der Waals surface area contributed by atoms with Crippen LogP contribution in [0.3, 0.4) is 0 Å². The first-order chi connectivity index (χ1) is 10.4. The predicted octanol–water partition coefficient (Wildman–Crippen LogP) is 3.07. The first-order valence-electron chi connectivity index (χ1n) is 8.94. The van der Waals surface area contributed by atoms with E-state index < -0.39 is 0 Å². The second-order valence-corrected chi connectivity index (χ2v) is 7.74. The standard InChI is InChI=1S/C19H26N2/c1-2-5-13(6-3-1)16-12-21(10-4-9-20-16)19-17-14-7-8-15(11-14)18(17)19/h1-3,5-6,14-20H,4,7-12H2. The Balaban J connectivity index is 1.34. The Morgan fingerprint density at radius 1 is 1.00 bits per heavy atom. The van der Waals surface area contributed by atoms with Crippen LogP contribution < -0.4 is 5.32 Å². The molecule has 1 aliphatic heterocycles. The van der Waals surface area contributed by atoms with Gasteiger partial charge in [0.25, 0.3) is 0 Å². The summed E-state index contributed by atoms with van der Waals surface area (Å²) in [5, 5.41) is 3.77. The van der Waals surface area contributed by atoms with Crippen LogP contribution in [0.1, 0.15) is 37.3 Å². The fourth-order valence-corrected chi connectivity index (χ4v) is 5.89. The van der Waals surface area contributed by atoms with Gasteiger partial charge in [-0.2, -0.15) is 0 Å². The van der Waals surface area contributed by atoms with Gasteiger partial charge in [-0.15, -0.1) is 0 Å². The molecule has 1 saturated heterocycles. The van der Waals surface area contributed by atoms with Crippen molar-refractivity contribution in [2.45, 2.75) is 37.8 Å². The third-order valence-corrected chi connectivity index (χ3v) is 6.75. The number of hydrogen-bond donors (Lipinski definition) is 1. The molecular formula is C19H26N2. The van der Waals surface area contributed by atoms with Crippen molar-refractivity contribution in [2.24, 2.45) is 23.7 Å². The first-order valence-corrected chi connectivity index (χ1v) is 8.94. The van der Waals surface area contributed by atoms with Gasteiger partial charge in [0, 0.05) is 18.6 Å². The monoisotopic (exact) mass is 282 g/mol. The van der Waals surface area contributed by atoms with Gasteiger partial charge in [-0.25, -0.2) is 0 Å². The fraction of sp³-hybridized carbons (Fsp3) is 0.684. The minimum atomic E-state index is 0.535. The van der Waals surface area contributed by atoms with Crippen molar-refractivity contribution in [3.63, 3.8) is 0 Å². The van der Waals surface area contributed by atoms with E-state index in [0.717, 1.165) is 29.7 Å². The van der Waals surface area contributed by atoms with E-state index in [9.17, 15) is 0 Å². The molecule has 21 heavy (non-hydrogen) atoms. The van der Waals surface area contributed by atoms with Crippen LogP contribution in [0.15, 0.2) is 30.3 Å². The van der Waals surface area contributed by atoms with Crippen molar-refractivity contribution in [2.75, 3.05) is 19.6 Å². The normalized spacial score (nSPS) is 45.3. The van der Waals surface area contributed by atoms with E-state index in [1.165, 1.54) is 44.5 Å². The van der Waals surface area contributed by atoms with Crippen molar-refractivity contribution in [3.05, 3.63) is 35.9 Å². The lowest BCUT2D eigenvalue weighted by Gasteiger charge is -2.27. The lowest BCUT2D eigenvalue weighted by Crippen LogP contribution is -2.35. The second-order valence-electron chi connectivity index (χ2n) is 7.74. The van der Waals surface area contributed by atoms with E-state index in [1.807, 2.05) is 0 Å². The predicted molar refractivity (Wildman–Crippen MR) is 85.0 cm³/mol. The summed E-state index contributed by atoms with van der Waals surface area (Å²) in [5.41, 5.74) is 1.47. The smallest absolute Gasteiger partial charge is 0.0449 e. The topological polar surface area (TPSA) is 15.3 Å². The highest BCUT2D eigenvalue weighted by Crippen LogP contribution is 2.67. The summed E-state index contributed by atoms with van der Waals surface area (Å²) in [7, 11) is 0. The summed E-state index contributed by atoms with van der Waals surface area (Å²) in [6.45, 7) is 3.71. The average molecular weight is 282 g/mol. The van der Waals surface area contributed by atoms with Crippen LogP contribution in [0.4, 0.5) is 0 Å². The number of hydrogen-bond acceptors (Lipinski definition) is 2. The van der Waals surface area contributed by atoms with Crippen molar-refractivity contribution in [1.29, 1.82) is 0 Å². The number of rotatable bonds is 2. The SMILES string of the molecule is c1ccc(C2CN(C3C4C5CCC(C5)C43)CCCN2)cc1. The third-order valence-electron chi connectivity index (χ3n) is 6.75. The molecule has 0 aromatic heterocycles. The molecule has 3 saturated carbocycles. The Kier molecular flexibility index (Phi) is 2.91. The maximum absolute atomic E-state index is 3.77. The van der Waals surface area contributed by atoms with Gasteiger partial charge in [0.2, 0.25) is 0 Å². The number of nitrogens with one attached hydrogen (secondary N) is 1. The molecule has 1 aromatic rings. The molecule has 1 N–H and O–H groups in total. The molecule has 4 aliphatic rings. The molecule has 1 heterocycles. The summed E-state index contributed by atoms with van der Waals surface area (Å²) in [4.78, 5) is 2.86. The highest BCUT2D eigenvalue weighted by Gasteiger charge is 2.66. The fourth-order valence-electron chi connectivity index (χ4n) is 5.89. The van der Waals surface area contributed by atoms with Gasteiger partial charge in [-0.05, 0) is 68.0 Å². The molecule has 4 fully saturated rings. The summed E-state index contributed by atoms with van der Waals surface area (Å²) >= 11 is 0. The molecular weight excluding hydrogens is 256 g/mol. The summed E-state index contributed by atoms with van der Waals surface area (Å²) < 4.78 is 0. The number of nitrogens with zero attached hydrogens (tertiary/aromatic N) is 1. The number of fused-ring (bicyclic) bond motifs is 5. The molecule has 5 rings (SSSR count). The molecule has 112 valence electrons. The first kappa shape index (κ1) is 12.7. The highest BCUT2D eigenvalue weighted by molar-refractivity contribution is 5.22. The van der Waals surface area contributed by atoms with Crippen LogP contribution in [0.5, 0.6) is 0 Å². The summed E-state index contributed by atoms with van der Waals surface area (Å²) in [5.74, 6) is 4.35. The lowest BCUT2D eigenvalue weighted by molar-refractivity contribution is 0.216. The third kappa shape index (κ3) is 1.99. The van der Waals surface area contributed by atoms with Crippen molar-refractivity contribution in [3.8, 4) is 0 Å². The summed E-state index contributed by atoms with van der Waals surface area (Å²) in [6, 6.07) is 12.5. The minimum absolute atomic E-state index is 0.535. The molecule has 2 bridgehead atoms. The zero-order valence-corrected chi connectivity index (χ0v) is 12.7. The molecule has 0 radical (unpaired) electrons. The molecule has 0 amide bonds. The molecule has 3 aliphatic carbocycles. The maximum Gasteiger partial charge on any atom is 0.0449 e. The van der Waals surface area contributed by atoms with Crippen LogP contribution in [0.2, 0.25) is 0 Å². The van der Waals surface area contributed by atoms with Crippen molar-refractivity contribution < 1.29 is 0 Å². The van der Waals surface area contributed by atoms with Crippen molar-refractivity contribution >= 4 is 0 Å². The molecule has 5 unspecified atom stereocenters. The molecule has 2 heteroatoms. The van der Waals surface area contributed by atoms with Gasteiger partial charge in [-0.1, -0.05) is 30.3 Å². The van der Waals surface area contributed by atoms with E-state index >= 15 is 0 Å². The van der Waals surface area contributed by atoms with Gasteiger partial charge >= 0.3 is 0 Å². The van der Waals surface area contributed by atoms with E-state index in [0.29, 0.717) is 6.04 Å². The zero-order chi connectivity index (χ0) is 13.8. The van der Waals surface area contributed by atoms with Crippen LogP contribution in [-0.4, -0.2) is 30.6 Å². The van der Waals surface area contributed by atoms with E-state index in [-0.39, 0.29) is 0 Å². The van der Waals surface area contributed by atoms with Crippen LogP contribution in [-0.2, 0) is 0 Å². The van der Waals surface area contributed by atoms with E-state index in [1.54, 1.807) is 6.42 Å². The quantitative estimate of drug-likeness (QED) is 0.897. The molecule has 1 aromatic carbocycles. The molecule has 5 atom stereocenters. The number of benzene rings is 1. The average Bonchev–Trinajstić information content (AvgIpc) is 3.08. The largest absolute Gasteiger partial charge is 0.309 e. The van der Waals surface area contributed by atoms with Gasteiger partial charge in [-0.3, -0.25) is 4.90 Å².